The monoisotopic (exact) mass is 189 g/mol. The van der Waals surface area contributed by atoms with E-state index in [0.29, 0.717) is 13.0 Å². The molecule has 1 rings (SSSR count). The summed E-state index contributed by atoms with van der Waals surface area (Å²) in [5.74, 6) is 0. The van der Waals surface area contributed by atoms with E-state index in [9.17, 15) is 9.50 Å². The molecule has 0 saturated heterocycles. The highest BCUT2D eigenvalue weighted by Gasteiger charge is 2.31. The maximum absolute atomic E-state index is 11.9. The van der Waals surface area contributed by atoms with Crippen molar-refractivity contribution in [1.82, 2.24) is 4.90 Å². The Morgan fingerprint density at radius 3 is 2.54 bits per heavy atom. The number of nitrogens with zero attached hydrogens (tertiary/aromatic N) is 1. The van der Waals surface area contributed by atoms with Crippen LogP contribution in [0.2, 0.25) is 0 Å². The summed E-state index contributed by atoms with van der Waals surface area (Å²) in [4.78, 5) is 2.03. The second-order valence-corrected chi connectivity index (χ2v) is 4.21. The smallest absolute Gasteiger partial charge is 0.0906 e. The molecule has 1 aliphatic carbocycles. The normalized spacial score (nSPS) is 21.2. The first-order valence-electron chi connectivity index (χ1n) is 5.13. The second kappa shape index (κ2) is 4.91. The van der Waals surface area contributed by atoms with Crippen LogP contribution in [-0.4, -0.2) is 42.4 Å². The van der Waals surface area contributed by atoms with Gasteiger partial charge in [0.2, 0.25) is 0 Å². The first kappa shape index (κ1) is 10.9. The minimum absolute atomic E-state index is 0.261. The number of alkyl halides is 1. The highest BCUT2D eigenvalue weighted by atomic mass is 19.1. The van der Waals surface area contributed by atoms with Crippen LogP contribution in [0.4, 0.5) is 4.39 Å². The SMILES string of the molecule is CN(CCCF)CC1(O)CCCC1. The molecule has 0 aromatic rings. The van der Waals surface area contributed by atoms with Gasteiger partial charge in [0.15, 0.2) is 0 Å². The summed E-state index contributed by atoms with van der Waals surface area (Å²) >= 11 is 0. The van der Waals surface area contributed by atoms with Crippen molar-refractivity contribution in [3.63, 3.8) is 0 Å². The lowest BCUT2D eigenvalue weighted by atomic mass is 10.0. The third-order valence-electron chi connectivity index (χ3n) is 2.77. The number of likely N-dealkylation sites (N-methyl/N-ethyl adjacent to an activating group) is 1. The highest BCUT2D eigenvalue weighted by Crippen LogP contribution is 2.29. The van der Waals surface area contributed by atoms with Crippen LogP contribution in [-0.2, 0) is 0 Å². The van der Waals surface area contributed by atoms with Gasteiger partial charge in [0.05, 0.1) is 12.3 Å². The van der Waals surface area contributed by atoms with Crippen molar-refractivity contribution < 1.29 is 9.50 Å². The van der Waals surface area contributed by atoms with Crippen molar-refractivity contribution in [3.05, 3.63) is 0 Å². The highest BCUT2D eigenvalue weighted by molar-refractivity contribution is 4.86. The molecule has 1 fully saturated rings. The van der Waals surface area contributed by atoms with E-state index in [2.05, 4.69) is 0 Å². The van der Waals surface area contributed by atoms with Crippen molar-refractivity contribution in [2.24, 2.45) is 0 Å². The molecule has 78 valence electrons. The van der Waals surface area contributed by atoms with E-state index in [1.807, 2.05) is 11.9 Å². The first-order chi connectivity index (χ1) is 6.16. The third-order valence-corrected chi connectivity index (χ3v) is 2.77. The van der Waals surface area contributed by atoms with Crippen LogP contribution in [0.5, 0.6) is 0 Å². The predicted molar refractivity (Wildman–Crippen MR) is 51.5 cm³/mol. The average molecular weight is 189 g/mol. The molecular weight excluding hydrogens is 169 g/mol. The van der Waals surface area contributed by atoms with Crippen LogP contribution >= 0.6 is 0 Å². The molecule has 1 aliphatic rings. The van der Waals surface area contributed by atoms with Crippen molar-refractivity contribution >= 4 is 0 Å². The Bertz CT molecular complexity index is 146. The molecule has 0 spiro atoms. The Kier molecular flexibility index (Phi) is 4.13. The maximum Gasteiger partial charge on any atom is 0.0906 e. The van der Waals surface area contributed by atoms with Crippen LogP contribution in [0.3, 0.4) is 0 Å². The number of aliphatic hydroxyl groups is 1. The summed E-state index contributed by atoms with van der Waals surface area (Å²) in [6, 6.07) is 0. The Labute approximate surface area is 79.7 Å². The molecule has 0 amide bonds. The third kappa shape index (κ3) is 3.61. The molecule has 1 saturated carbocycles. The lowest BCUT2D eigenvalue weighted by Crippen LogP contribution is -2.39. The summed E-state index contributed by atoms with van der Waals surface area (Å²) in [5, 5.41) is 10.0. The topological polar surface area (TPSA) is 23.5 Å². The second-order valence-electron chi connectivity index (χ2n) is 4.21. The van der Waals surface area contributed by atoms with E-state index >= 15 is 0 Å². The fourth-order valence-electron chi connectivity index (χ4n) is 2.10. The fourth-order valence-corrected chi connectivity index (χ4v) is 2.10. The van der Waals surface area contributed by atoms with E-state index in [1.54, 1.807) is 0 Å². The number of hydrogen-bond acceptors (Lipinski definition) is 2. The quantitative estimate of drug-likeness (QED) is 0.710. The summed E-state index contributed by atoms with van der Waals surface area (Å²) < 4.78 is 11.9. The van der Waals surface area contributed by atoms with E-state index in [4.69, 9.17) is 0 Å². The van der Waals surface area contributed by atoms with E-state index < -0.39 is 5.60 Å². The Balaban J connectivity index is 2.21. The molecular formula is C10H20FNO. The lowest BCUT2D eigenvalue weighted by molar-refractivity contribution is 0.0158. The summed E-state index contributed by atoms with van der Waals surface area (Å²) in [6.07, 6.45) is 4.66. The van der Waals surface area contributed by atoms with Crippen LogP contribution in [0.25, 0.3) is 0 Å². The molecule has 0 aliphatic heterocycles. The molecule has 0 aromatic heterocycles. The predicted octanol–water partition coefficient (Wildman–Crippen LogP) is 1.58. The Morgan fingerprint density at radius 1 is 1.38 bits per heavy atom. The summed E-state index contributed by atoms with van der Waals surface area (Å²) in [5.41, 5.74) is -0.481. The molecule has 0 atom stereocenters. The molecule has 0 unspecified atom stereocenters. The zero-order chi connectivity index (χ0) is 9.73. The summed E-state index contributed by atoms with van der Waals surface area (Å²) in [7, 11) is 1.95. The fraction of sp³-hybridized carbons (Fsp3) is 1.00. The zero-order valence-electron chi connectivity index (χ0n) is 8.43. The molecule has 1 N–H and O–H groups in total. The Hall–Kier alpha value is -0.150. The lowest BCUT2D eigenvalue weighted by Gasteiger charge is -2.28. The van der Waals surface area contributed by atoms with E-state index in [0.717, 1.165) is 32.2 Å². The first-order valence-corrected chi connectivity index (χ1v) is 5.13. The minimum Gasteiger partial charge on any atom is -0.389 e. The molecule has 2 nitrogen and oxygen atoms in total. The molecule has 3 heteroatoms. The summed E-state index contributed by atoms with van der Waals surface area (Å²) in [6.45, 7) is 1.19. The van der Waals surface area contributed by atoms with E-state index in [-0.39, 0.29) is 6.67 Å². The van der Waals surface area contributed by atoms with Crippen LogP contribution in [0.1, 0.15) is 32.1 Å². The van der Waals surface area contributed by atoms with Gasteiger partial charge in [0.1, 0.15) is 0 Å². The number of rotatable bonds is 5. The van der Waals surface area contributed by atoms with Gasteiger partial charge in [-0.3, -0.25) is 4.39 Å². The average Bonchev–Trinajstić information content (AvgIpc) is 2.48. The number of hydrogen-bond donors (Lipinski definition) is 1. The van der Waals surface area contributed by atoms with Gasteiger partial charge in [-0.15, -0.1) is 0 Å². The van der Waals surface area contributed by atoms with Gasteiger partial charge in [-0.1, -0.05) is 12.8 Å². The molecule has 13 heavy (non-hydrogen) atoms. The van der Waals surface area contributed by atoms with Gasteiger partial charge >= 0.3 is 0 Å². The van der Waals surface area contributed by atoms with Crippen LogP contribution < -0.4 is 0 Å². The van der Waals surface area contributed by atoms with Crippen molar-refractivity contribution in [2.45, 2.75) is 37.7 Å². The minimum atomic E-state index is -0.481. The largest absolute Gasteiger partial charge is 0.389 e. The molecule has 0 bridgehead atoms. The Morgan fingerprint density at radius 2 is 2.00 bits per heavy atom. The number of halogens is 1. The van der Waals surface area contributed by atoms with Crippen molar-refractivity contribution in [1.29, 1.82) is 0 Å². The molecule has 0 heterocycles. The van der Waals surface area contributed by atoms with Crippen molar-refractivity contribution in [2.75, 3.05) is 26.8 Å². The maximum atomic E-state index is 11.9. The van der Waals surface area contributed by atoms with Crippen LogP contribution in [0.15, 0.2) is 0 Å². The van der Waals surface area contributed by atoms with Gasteiger partial charge in [0, 0.05) is 13.1 Å². The zero-order valence-corrected chi connectivity index (χ0v) is 8.43. The van der Waals surface area contributed by atoms with Crippen LogP contribution in [0, 0.1) is 0 Å². The van der Waals surface area contributed by atoms with Crippen molar-refractivity contribution in [3.8, 4) is 0 Å². The standard InChI is InChI=1S/C10H20FNO/c1-12(8-4-7-11)9-10(13)5-2-3-6-10/h13H,2-9H2,1H3. The molecule has 0 aromatic carbocycles. The van der Waals surface area contributed by atoms with Gasteiger partial charge in [-0.2, -0.15) is 0 Å². The van der Waals surface area contributed by atoms with E-state index in [1.165, 1.54) is 0 Å². The van der Waals surface area contributed by atoms with Gasteiger partial charge in [-0.05, 0) is 26.3 Å². The molecule has 0 radical (unpaired) electrons. The van der Waals surface area contributed by atoms with Gasteiger partial charge in [0.25, 0.3) is 0 Å². The van der Waals surface area contributed by atoms with Gasteiger partial charge in [-0.25, -0.2) is 0 Å². The van der Waals surface area contributed by atoms with Gasteiger partial charge < -0.3 is 10.0 Å².